The molecule has 2 aromatic rings. The van der Waals surface area contributed by atoms with Gasteiger partial charge in [-0.15, -0.1) is 11.3 Å². The van der Waals surface area contributed by atoms with Gasteiger partial charge in [0.25, 0.3) is 18.2 Å². The zero-order valence-electron chi connectivity index (χ0n) is 21.9. The van der Waals surface area contributed by atoms with Crippen LogP contribution >= 0.6 is 11.3 Å². The van der Waals surface area contributed by atoms with Gasteiger partial charge in [-0.05, 0) is 65.9 Å². The Morgan fingerprint density at radius 1 is 1.19 bits per heavy atom. The Hall–Kier alpha value is -2.66. The number of amides is 2. The van der Waals surface area contributed by atoms with Crippen LogP contribution in [-0.2, 0) is 0 Å². The second kappa shape index (κ2) is 10.2. The van der Waals surface area contributed by atoms with E-state index >= 15 is 0 Å². The minimum Gasteiger partial charge on any atom is -0.389 e. The van der Waals surface area contributed by atoms with Gasteiger partial charge < -0.3 is 20.6 Å². The van der Waals surface area contributed by atoms with Crippen molar-refractivity contribution >= 4 is 29.0 Å². The van der Waals surface area contributed by atoms with Crippen molar-refractivity contribution in [2.45, 2.75) is 96.4 Å². The summed E-state index contributed by atoms with van der Waals surface area (Å²) in [5.41, 5.74) is -1.69. The van der Waals surface area contributed by atoms with E-state index in [0.717, 1.165) is 43.4 Å². The van der Waals surface area contributed by atoms with Gasteiger partial charge >= 0.3 is 0 Å². The molecular formula is C26H35F2N5O3S. The van der Waals surface area contributed by atoms with Crippen LogP contribution in [0.1, 0.15) is 99.0 Å². The summed E-state index contributed by atoms with van der Waals surface area (Å²) in [5, 5.41) is 15.7. The molecule has 2 aromatic heterocycles. The van der Waals surface area contributed by atoms with Gasteiger partial charge in [-0.3, -0.25) is 9.59 Å². The summed E-state index contributed by atoms with van der Waals surface area (Å²) in [7, 11) is 0. The second-order valence-corrected chi connectivity index (χ2v) is 12.2. The first kappa shape index (κ1) is 27.4. The Morgan fingerprint density at radius 2 is 1.81 bits per heavy atom. The van der Waals surface area contributed by atoms with Crippen molar-refractivity contribution < 1.29 is 23.5 Å². The fraction of sp³-hybridized carbons (Fsp3) is 0.615. The number of aromatic nitrogens is 2. The monoisotopic (exact) mass is 535 g/mol. The lowest BCUT2D eigenvalue weighted by Crippen LogP contribution is -2.38. The smallest absolute Gasteiger partial charge is 0.280 e. The Morgan fingerprint density at radius 3 is 2.35 bits per heavy atom. The Balaban J connectivity index is 1.77. The third-order valence-electron chi connectivity index (χ3n) is 7.16. The lowest BCUT2D eigenvalue weighted by Gasteiger charge is -2.25. The number of fused-ring (bicyclic) bond motifs is 2. The standard InChI is InChI=1S/C26H35F2N5O3S/c1-6-25(2,3)32-18-11-16(21(27)28)17(12-29-18)20-19(24(35)33-14-7-8-15(33)10-9-14)31-23(37-20)22(34)30-13-26(4,5)36/h11-12,14-15,21,36H,6-10,13H2,1-5H3,(H,29,32)(H,30,34)/t14-,15+. The van der Waals surface area contributed by atoms with Gasteiger partial charge in [-0.1, -0.05) is 6.92 Å². The molecule has 11 heteroatoms. The lowest BCUT2D eigenvalue weighted by atomic mass is 10.0. The van der Waals surface area contributed by atoms with Crippen molar-refractivity contribution in [2.75, 3.05) is 11.9 Å². The van der Waals surface area contributed by atoms with Crippen LogP contribution in [0.5, 0.6) is 0 Å². The van der Waals surface area contributed by atoms with Crippen LogP contribution in [0, 0.1) is 0 Å². The quantitative estimate of drug-likeness (QED) is 0.417. The summed E-state index contributed by atoms with van der Waals surface area (Å²) in [5.74, 6) is -0.609. The highest BCUT2D eigenvalue weighted by Gasteiger charge is 2.44. The van der Waals surface area contributed by atoms with Crippen LogP contribution in [0.4, 0.5) is 14.6 Å². The zero-order chi connectivity index (χ0) is 27.1. The van der Waals surface area contributed by atoms with Crippen LogP contribution in [-0.4, -0.2) is 61.6 Å². The van der Waals surface area contributed by atoms with E-state index in [1.807, 2.05) is 25.7 Å². The number of rotatable bonds is 9. The van der Waals surface area contributed by atoms with Gasteiger partial charge in [-0.25, -0.2) is 18.7 Å². The average molecular weight is 536 g/mol. The van der Waals surface area contributed by atoms with Crippen molar-refractivity contribution in [3.8, 4) is 10.4 Å². The zero-order valence-corrected chi connectivity index (χ0v) is 22.7. The SMILES string of the molecule is CCC(C)(C)Nc1cc(C(F)F)c(-c2sc(C(=O)NCC(C)(C)O)nc2C(=O)N2[C@H]3CC[C@@H]2CC3)cn1. The molecule has 2 amide bonds. The molecule has 37 heavy (non-hydrogen) atoms. The molecule has 2 aliphatic heterocycles. The van der Waals surface area contributed by atoms with Crippen LogP contribution in [0.2, 0.25) is 0 Å². The van der Waals surface area contributed by atoms with Gasteiger partial charge in [0, 0.05) is 41.5 Å². The van der Waals surface area contributed by atoms with E-state index in [0.29, 0.717) is 5.82 Å². The van der Waals surface area contributed by atoms with E-state index in [2.05, 4.69) is 20.6 Å². The topological polar surface area (TPSA) is 107 Å². The maximum atomic E-state index is 14.3. The van der Waals surface area contributed by atoms with Crippen LogP contribution in [0.15, 0.2) is 12.3 Å². The van der Waals surface area contributed by atoms with Gasteiger partial charge in [0.2, 0.25) is 0 Å². The highest BCUT2D eigenvalue weighted by Crippen LogP contribution is 2.42. The summed E-state index contributed by atoms with van der Waals surface area (Å²) in [6.45, 7) is 8.96. The Kier molecular flexibility index (Phi) is 7.58. The number of carbonyl (C=O) groups excluding carboxylic acids is 2. The van der Waals surface area contributed by atoms with Crippen LogP contribution < -0.4 is 10.6 Å². The summed E-state index contributed by atoms with van der Waals surface area (Å²) >= 11 is 0.890. The molecule has 202 valence electrons. The van der Waals surface area contributed by atoms with E-state index in [-0.39, 0.29) is 56.8 Å². The molecular weight excluding hydrogens is 500 g/mol. The van der Waals surface area contributed by atoms with E-state index in [9.17, 15) is 23.5 Å². The Bertz CT molecular complexity index is 1160. The maximum Gasteiger partial charge on any atom is 0.280 e. The fourth-order valence-corrected chi connectivity index (χ4v) is 5.83. The number of thiazole rings is 1. The second-order valence-electron chi connectivity index (χ2n) is 11.2. The summed E-state index contributed by atoms with van der Waals surface area (Å²) in [4.78, 5) is 37.3. The molecule has 2 aliphatic rings. The highest BCUT2D eigenvalue weighted by molar-refractivity contribution is 7.17. The summed E-state index contributed by atoms with van der Waals surface area (Å²) in [6, 6.07) is 1.52. The van der Waals surface area contributed by atoms with E-state index in [4.69, 9.17) is 0 Å². The first-order valence-corrected chi connectivity index (χ1v) is 13.5. The molecule has 0 aliphatic carbocycles. The number of hydrogen-bond acceptors (Lipinski definition) is 7. The van der Waals surface area contributed by atoms with E-state index in [1.54, 1.807) is 13.8 Å². The third kappa shape index (κ3) is 5.93. The largest absolute Gasteiger partial charge is 0.389 e. The molecule has 0 unspecified atom stereocenters. The molecule has 8 nitrogen and oxygen atoms in total. The van der Waals surface area contributed by atoms with Crippen LogP contribution in [0.3, 0.4) is 0 Å². The molecule has 0 saturated carbocycles. The summed E-state index contributed by atoms with van der Waals surface area (Å²) < 4.78 is 28.6. The molecule has 4 heterocycles. The minimum absolute atomic E-state index is 0.00416. The molecule has 4 rings (SSSR count). The average Bonchev–Trinajstić information content (AvgIpc) is 3.56. The molecule has 0 spiro atoms. The van der Waals surface area contributed by atoms with Crippen molar-refractivity contribution in [1.82, 2.24) is 20.2 Å². The first-order chi connectivity index (χ1) is 17.3. The molecule has 0 atom stereocenters. The van der Waals surface area contributed by atoms with Gasteiger partial charge in [0.15, 0.2) is 5.01 Å². The normalized spacial score (nSPS) is 19.5. The number of nitrogens with zero attached hydrogens (tertiary/aromatic N) is 3. The number of halogens is 2. The number of nitrogens with one attached hydrogen (secondary N) is 2. The van der Waals surface area contributed by atoms with Gasteiger partial charge in [0.1, 0.15) is 11.5 Å². The third-order valence-corrected chi connectivity index (χ3v) is 8.25. The Labute approximate surface area is 219 Å². The number of hydrogen-bond donors (Lipinski definition) is 3. The van der Waals surface area contributed by atoms with Crippen molar-refractivity contribution in [1.29, 1.82) is 0 Å². The fourth-order valence-electron chi connectivity index (χ4n) is 4.83. The molecule has 2 saturated heterocycles. The van der Waals surface area contributed by atoms with Crippen molar-refractivity contribution in [3.05, 3.63) is 28.5 Å². The summed E-state index contributed by atoms with van der Waals surface area (Å²) in [6.07, 6.45) is 2.90. The van der Waals surface area contributed by atoms with Crippen molar-refractivity contribution in [3.63, 3.8) is 0 Å². The predicted molar refractivity (Wildman–Crippen MR) is 139 cm³/mol. The number of aliphatic hydroxyl groups is 1. The van der Waals surface area contributed by atoms with Gasteiger partial charge in [-0.2, -0.15) is 0 Å². The number of pyridine rings is 1. The molecule has 2 fully saturated rings. The van der Waals surface area contributed by atoms with E-state index < -0.39 is 17.9 Å². The maximum absolute atomic E-state index is 14.3. The minimum atomic E-state index is -2.83. The number of carbonyl (C=O) groups is 2. The lowest BCUT2D eigenvalue weighted by molar-refractivity contribution is 0.0692. The molecule has 3 N–H and O–H groups in total. The van der Waals surface area contributed by atoms with E-state index in [1.165, 1.54) is 12.3 Å². The van der Waals surface area contributed by atoms with Crippen LogP contribution in [0.25, 0.3) is 10.4 Å². The highest BCUT2D eigenvalue weighted by atomic mass is 32.1. The van der Waals surface area contributed by atoms with Crippen molar-refractivity contribution in [2.24, 2.45) is 0 Å². The number of anilines is 1. The molecule has 2 bridgehead atoms. The number of alkyl halides is 2. The molecule has 0 radical (unpaired) electrons. The first-order valence-electron chi connectivity index (χ1n) is 12.7. The predicted octanol–water partition coefficient (Wildman–Crippen LogP) is 5.01. The van der Waals surface area contributed by atoms with Gasteiger partial charge in [0.05, 0.1) is 10.5 Å². The molecule has 0 aromatic carbocycles.